The second-order valence-electron chi connectivity index (χ2n) is 13.7. The number of hydrogen-bond acceptors (Lipinski definition) is 0. The van der Waals surface area contributed by atoms with Crippen LogP contribution in [0.2, 0.25) is 0 Å². The first kappa shape index (κ1) is 25.5. The molecule has 0 unspecified atom stereocenters. The molecule has 0 bridgehead atoms. The molecule has 8 aromatic carbocycles. The summed E-state index contributed by atoms with van der Waals surface area (Å²) in [6, 6.07) is 46.0. The summed E-state index contributed by atoms with van der Waals surface area (Å²) < 4.78 is 0. The van der Waals surface area contributed by atoms with Crippen LogP contribution in [0.5, 0.6) is 0 Å². The van der Waals surface area contributed by atoms with Gasteiger partial charge >= 0.3 is 0 Å². The molecular weight excluding hydrogens is 528 g/mol. The summed E-state index contributed by atoms with van der Waals surface area (Å²) in [4.78, 5) is 0. The molecule has 0 aliphatic heterocycles. The normalized spacial score (nSPS) is 13.8. The Labute approximate surface area is 258 Å². The lowest BCUT2D eigenvalue weighted by Gasteiger charge is -2.23. The Morgan fingerprint density at radius 2 is 1.14 bits per heavy atom. The Balaban J connectivity index is 1.12. The average Bonchev–Trinajstić information content (AvgIpc) is 3.05. The summed E-state index contributed by atoms with van der Waals surface area (Å²) in [5.74, 6) is 0. The van der Waals surface area contributed by atoms with Crippen LogP contribution in [0, 0.1) is 0 Å². The van der Waals surface area contributed by atoms with Gasteiger partial charge in [0.15, 0.2) is 0 Å². The molecule has 0 spiro atoms. The third-order valence-electron chi connectivity index (χ3n) is 10.0. The highest BCUT2D eigenvalue weighted by Gasteiger charge is 2.20. The van der Waals surface area contributed by atoms with Gasteiger partial charge in [-0.05, 0) is 117 Å². The topological polar surface area (TPSA) is 0 Å². The molecule has 0 heteroatoms. The average molecular weight is 563 g/mol. The van der Waals surface area contributed by atoms with E-state index in [0.29, 0.717) is 0 Å². The van der Waals surface area contributed by atoms with Gasteiger partial charge < -0.3 is 0 Å². The van der Waals surface area contributed by atoms with Crippen molar-refractivity contribution in [3.8, 4) is 11.1 Å². The summed E-state index contributed by atoms with van der Waals surface area (Å²) in [7, 11) is 0. The van der Waals surface area contributed by atoms with Gasteiger partial charge in [-0.2, -0.15) is 0 Å². The summed E-state index contributed by atoms with van der Waals surface area (Å²) in [5.41, 5.74) is 9.71. The van der Waals surface area contributed by atoms with Gasteiger partial charge in [0, 0.05) is 0 Å². The molecule has 0 amide bonds. The lowest BCUT2D eigenvalue weighted by molar-refractivity contribution is 0.591. The van der Waals surface area contributed by atoms with E-state index in [-0.39, 0.29) is 5.41 Å². The third kappa shape index (κ3) is 3.91. The van der Waals surface area contributed by atoms with Crippen molar-refractivity contribution in [2.24, 2.45) is 0 Å². The first-order chi connectivity index (χ1) is 21.4. The van der Waals surface area contributed by atoms with Gasteiger partial charge in [0.1, 0.15) is 0 Å². The van der Waals surface area contributed by atoms with E-state index in [1.165, 1.54) is 92.8 Å². The summed E-state index contributed by atoms with van der Waals surface area (Å²) in [6.07, 6.45) is 4.56. The van der Waals surface area contributed by atoms with E-state index < -0.39 is 0 Å². The Kier molecular flexibility index (Phi) is 5.39. The highest BCUT2D eigenvalue weighted by Crippen LogP contribution is 2.42. The zero-order valence-corrected chi connectivity index (χ0v) is 25.5. The monoisotopic (exact) mass is 562 g/mol. The first-order valence-electron chi connectivity index (χ1n) is 15.9. The van der Waals surface area contributed by atoms with Gasteiger partial charge in [-0.3, -0.25) is 0 Å². The molecule has 9 rings (SSSR count). The number of benzene rings is 8. The predicted molar refractivity (Wildman–Crippen MR) is 192 cm³/mol. The van der Waals surface area contributed by atoms with Crippen LogP contribution in [0.3, 0.4) is 0 Å². The van der Waals surface area contributed by atoms with E-state index in [1.807, 2.05) is 0 Å². The first-order valence-corrected chi connectivity index (χ1v) is 15.9. The molecule has 0 radical (unpaired) electrons. The number of fused-ring (bicyclic) bond motifs is 4. The molecule has 8 aromatic rings. The van der Waals surface area contributed by atoms with Crippen molar-refractivity contribution >= 4 is 65.5 Å². The van der Waals surface area contributed by atoms with Gasteiger partial charge in [0.2, 0.25) is 0 Å². The van der Waals surface area contributed by atoms with Crippen LogP contribution in [0.1, 0.15) is 49.4 Å². The molecular formula is C44H34. The van der Waals surface area contributed by atoms with E-state index >= 15 is 0 Å². The molecule has 44 heavy (non-hydrogen) atoms. The molecule has 0 nitrogen and oxygen atoms in total. The van der Waals surface area contributed by atoms with Crippen molar-refractivity contribution in [2.45, 2.75) is 39.0 Å². The number of aryl methyl sites for hydroxylation is 1. The standard InChI is InChI=1S/C44H34/c1-44(2,3)37-25-35-15-9-28-16-19-40(41-21-18-36(26-37)42(35)43(28)41)34-14-12-30-22-29(10-11-31(30)23-34)32-17-20-39-33(24-32)13-8-27-6-4-5-7-38(27)39/h4-11,13,15-26H,12,14H2,1-3H3. The Morgan fingerprint density at radius 1 is 0.477 bits per heavy atom. The molecule has 0 fully saturated rings. The smallest absolute Gasteiger partial charge is 0.00207 e. The van der Waals surface area contributed by atoms with Crippen molar-refractivity contribution in [1.82, 2.24) is 0 Å². The Hall–Kier alpha value is -4.94. The van der Waals surface area contributed by atoms with Crippen molar-refractivity contribution in [3.63, 3.8) is 0 Å². The van der Waals surface area contributed by atoms with Crippen LogP contribution >= 0.6 is 0 Å². The van der Waals surface area contributed by atoms with Gasteiger partial charge in [-0.25, -0.2) is 0 Å². The second-order valence-corrected chi connectivity index (χ2v) is 13.7. The van der Waals surface area contributed by atoms with Crippen molar-refractivity contribution in [1.29, 1.82) is 0 Å². The van der Waals surface area contributed by atoms with Crippen LogP contribution in [-0.2, 0) is 11.8 Å². The predicted octanol–water partition coefficient (Wildman–Crippen LogP) is 12.3. The number of allylic oxidation sites excluding steroid dienone is 1. The maximum atomic E-state index is 2.44. The molecule has 0 heterocycles. The minimum absolute atomic E-state index is 0.124. The van der Waals surface area contributed by atoms with Crippen LogP contribution < -0.4 is 0 Å². The van der Waals surface area contributed by atoms with Crippen LogP contribution in [-0.4, -0.2) is 0 Å². The van der Waals surface area contributed by atoms with E-state index in [0.717, 1.165) is 12.8 Å². The zero-order valence-electron chi connectivity index (χ0n) is 25.5. The Morgan fingerprint density at radius 3 is 2.00 bits per heavy atom. The van der Waals surface area contributed by atoms with E-state index in [1.54, 1.807) is 0 Å². The fourth-order valence-electron chi connectivity index (χ4n) is 7.61. The summed E-state index contributed by atoms with van der Waals surface area (Å²) >= 11 is 0. The van der Waals surface area contributed by atoms with Crippen molar-refractivity contribution < 1.29 is 0 Å². The van der Waals surface area contributed by atoms with Gasteiger partial charge in [-0.15, -0.1) is 0 Å². The van der Waals surface area contributed by atoms with Gasteiger partial charge in [0.05, 0.1) is 0 Å². The van der Waals surface area contributed by atoms with Crippen LogP contribution in [0.25, 0.3) is 76.6 Å². The zero-order chi connectivity index (χ0) is 29.6. The summed E-state index contributed by atoms with van der Waals surface area (Å²) in [5, 5.41) is 13.4. The Bertz CT molecular complexity index is 2440. The molecule has 0 aromatic heterocycles. The lowest BCUT2D eigenvalue weighted by Crippen LogP contribution is -2.10. The van der Waals surface area contributed by atoms with E-state index in [9.17, 15) is 0 Å². The molecule has 0 atom stereocenters. The third-order valence-corrected chi connectivity index (χ3v) is 10.0. The lowest BCUT2D eigenvalue weighted by atomic mass is 9.81. The molecule has 210 valence electrons. The van der Waals surface area contributed by atoms with Gasteiger partial charge in [-0.1, -0.05) is 142 Å². The highest BCUT2D eigenvalue weighted by atomic mass is 14.2. The quantitative estimate of drug-likeness (QED) is 0.184. The van der Waals surface area contributed by atoms with Crippen LogP contribution in [0.15, 0.2) is 121 Å². The van der Waals surface area contributed by atoms with Gasteiger partial charge in [0.25, 0.3) is 0 Å². The summed E-state index contributed by atoms with van der Waals surface area (Å²) in [6.45, 7) is 6.91. The fourth-order valence-corrected chi connectivity index (χ4v) is 7.61. The highest BCUT2D eigenvalue weighted by molar-refractivity contribution is 6.25. The fraction of sp³-hybridized carbons (Fsp3) is 0.136. The maximum absolute atomic E-state index is 2.44. The molecule has 0 N–H and O–H groups in total. The second kappa shape index (κ2) is 9.28. The van der Waals surface area contributed by atoms with Crippen molar-refractivity contribution in [2.75, 3.05) is 0 Å². The number of hydrogen-bond donors (Lipinski definition) is 0. The molecule has 0 saturated carbocycles. The van der Waals surface area contributed by atoms with E-state index in [2.05, 4.69) is 148 Å². The maximum Gasteiger partial charge on any atom is -0.00207 e. The molecule has 0 saturated heterocycles. The van der Waals surface area contributed by atoms with Crippen molar-refractivity contribution in [3.05, 3.63) is 144 Å². The minimum Gasteiger partial charge on any atom is -0.0616 e. The van der Waals surface area contributed by atoms with E-state index in [4.69, 9.17) is 0 Å². The molecule has 1 aliphatic carbocycles. The molecule has 1 aliphatic rings. The number of rotatable bonds is 2. The minimum atomic E-state index is 0.124. The largest absolute Gasteiger partial charge is 0.0616 e. The van der Waals surface area contributed by atoms with Crippen LogP contribution in [0.4, 0.5) is 0 Å². The SMILES string of the molecule is CC(C)(C)c1cc2ccc3ccc(C4=Cc5ccc(-c6ccc7c(ccc8ccccc87)c6)cc5CC4)c4ccc(c1)c2c34.